The van der Waals surface area contributed by atoms with Crippen molar-refractivity contribution in [2.45, 2.75) is 37.7 Å². The summed E-state index contributed by atoms with van der Waals surface area (Å²) in [6, 6.07) is 5.80. The van der Waals surface area contributed by atoms with Crippen molar-refractivity contribution in [1.29, 1.82) is 0 Å². The average Bonchev–Trinajstić information content (AvgIpc) is 3.01. The summed E-state index contributed by atoms with van der Waals surface area (Å²) in [7, 11) is 0. The smallest absolute Gasteiger partial charge is 0.407 e. The van der Waals surface area contributed by atoms with E-state index in [1.54, 1.807) is 6.20 Å². The molecule has 4 atom stereocenters. The van der Waals surface area contributed by atoms with E-state index in [-0.39, 0.29) is 12.2 Å². The van der Waals surface area contributed by atoms with Crippen LogP contribution in [0.4, 0.5) is 16.3 Å². The molecule has 1 amide bonds. The second-order valence-electron chi connectivity index (χ2n) is 7.70. The molecule has 3 N–H and O–H groups in total. The van der Waals surface area contributed by atoms with Crippen LogP contribution >= 0.6 is 0 Å². The van der Waals surface area contributed by atoms with Crippen molar-refractivity contribution in [3.05, 3.63) is 30.1 Å². The standard InChI is InChI=1S/C19H23N5O3/c25-19-21-9-12-5-13(12)10-26-18-7-14(3-4-20-18)22-17-8-16(23-24-17)11-1-2-15(6-11)27-19/h3-4,7-8,11-13,15H,1-2,5-6,9-10H2,(H,21,25)(H2,22,23,24)/t11-,12?,13?,15+/m0/s1. The van der Waals surface area contributed by atoms with Gasteiger partial charge in [-0.1, -0.05) is 0 Å². The van der Waals surface area contributed by atoms with Crippen LogP contribution in [0.5, 0.6) is 5.88 Å². The van der Waals surface area contributed by atoms with Gasteiger partial charge in [0.05, 0.1) is 6.61 Å². The van der Waals surface area contributed by atoms with Crippen LogP contribution in [0.15, 0.2) is 24.4 Å². The fourth-order valence-electron chi connectivity index (χ4n) is 4.02. The first-order chi connectivity index (χ1) is 13.2. The molecule has 2 fully saturated rings. The van der Waals surface area contributed by atoms with E-state index in [4.69, 9.17) is 9.47 Å². The molecule has 8 nitrogen and oxygen atoms in total. The normalized spacial score (nSPS) is 29.9. The fraction of sp³-hybridized carbons (Fsp3) is 0.526. The summed E-state index contributed by atoms with van der Waals surface area (Å²) in [5.41, 5.74) is 1.96. The molecule has 0 aromatic carbocycles. The molecule has 6 bridgehead atoms. The third-order valence-corrected chi connectivity index (χ3v) is 5.73. The molecule has 3 aliphatic rings. The number of amides is 1. The minimum Gasteiger partial charge on any atom is -0.477 e. The Morgan fingerprint density at radius 2 is 2.11 bits per heavy atom. The Morgan fingerprint density at radius 3 is 3.07 bits per heavy atom. The predicted octanol–water partition coefficient (Wildman–Crippen LogP) is 2.94. The fourth-order valence-corrected chi connectivity index (χ4v) is 4.02. The third kappa shape index (κ3) is 3.70. The molecular weight excluding hydrogens is 346 g/mol. The number of hydrogen-bond acceptors (Lipinski definition) is 6. The van der Waals surface area contributed by atoms with E-state index in [1.807, 2.05) is 18.2 Å². The second-order valence-corrected chi connectivity index (χ2v) is 7.70. The van der Waals surface area contributed by atoms with Crippen molar-refractivity contribution in [2.24, 2.45) is 11.8 Å². The van der Waals surface area contributed by atoms with Gasteiger partial charge >= 0.3 is 6.09 Å². The Labute approximate surface area is 157 Å². The summed E-state index contributed by atoms with van der Waals surface area (Å²) in [5, 5.41) is 13.7. The minimum absolute atomic E-state index is 0.0327. The van der Waals surface area contributed by atoms with Crippen molar-refractivity contribution in [3.63, 3.8) is 0 Å². The molecule has 2 aliphatic carbocycles. The Morgan fingerprint density at radius 1 is 1.15 bits per heavy atom. The quantitative estimate of drug-likeness (QED) is 0.660. The van der Waals surface area contributed by atoms with E-state index < -0.39 is 0 Å². The van der Waals surface area contributed by atoms with Gasteiger partial charge in [0.25, 0.3) is 0 Å². The maximum Gasteiger partial charge on any atom is 0.407 e. The number of rotatable bonds is 0. The van der Waals surface area contributed by atoms with Crippen LogP contribution < -0.4 is 15.4 Å². The van der Waals surface area contributed by atoms with Crippen molar-refractivity contribution in [3.8, 4) is 5.88 Å². The van der Waals surface area contributed by atoms with Gasteiger partial charge in [-0.3, -0.25) is 5.10 Å². The number of alkyl carbamates (subject to hydrolysis) is 1. The number of H-pyrrole nitrogens is 1. The molecular formula is C19H23N5O3. The maximum absolute atomic E-state index is 12.1. The van der Waals surface area contributed by atoms with Crippen LogP contribution in [0.3, 0.4) is 0 Å². The number of pyridine rings is 1. The monoisotopic (exact) mass is 369 g/mol. The number of fused-ring (bicyclic) bond motifs is 8. The number of carbonyl (C=O) groups is 1. The van der Waals surface area contributed by atoms with Gasteiger partial charge in [-0.25, -0.2) is 9.78 Å². The van der Waals surface area contributed by atoms with Crippen LogP contribution in [-0.4, -0.2) is 40.5 Å². The number of anilines is 2. The molecule has 2 saturated carbocycles. The molecule has 8 heteroatoms. The number of nitrogens with zero attached hydrogens (tertiary/aromatic N) is 2. The lowest BCUT2D eigenvalue weighted by Crippen LogP contribution is -2.30. The summed E-state index contributed by atoms with van der Waals surface area (Å²) in [5.74, 6) is 2.58. The van der Waals surface area contributed by atoms with E-state index >= 15 is 0 Å². The lowest BCUT2D eigenvalue weighted by Gasteiger charge is -2.13. The lowest BCUT2D eigenvalue weighted by atomic mass is 10.0. The van der Waals surface area contributed by atoms with Gasteiger partial charge in [0, 0.05) is 42.2 Å². The zero-order chi connectivity index (χ0) is 18.2. The highest BCUT2D eigenvalue weighted by Crippen LogP contribution is 2.39. The van der Waals surface area contributed by atoms with Gasteiger partial charge in [0.2, 0.25) is 5.88 Å². The topological polar surface area (TPSA) is 101 Å². The highest BCUT2D eigenvalue weighted by molar-refractivity contribution is 5.67. The molecule has 2 aromatic heterocycles. The van der Waals surface area contributed by atoms with Crippen LogP contribution in [0.2, 0.25) is 0 Å². The highest BCUT2D eigenvalue weighted by atomic mass is 16.6. The van der Waals surface area contributed by atoms with Crippen LogP contribution in [-0.2, 0) is 4.74 Å². The van der Waals surface area contributed by atoms with E-state index in [0.717, 1.165) is 42.9 Å². The van der Waals surface area contributed by atoms with E-state index in [9.17, 15) is 4.79 Å². The first-order valence-electron chi connectivity index (χ1n) is 9.58. The molecule has 3 heterocycles. The number of nitrogens with one attached hydrogen (secondary N) is 3. The summed E-state index contributed by atoms with van der Waals surface area (Å²) in [6.45, 7) is 1.25. The van der Waals surface area contributed by atoms with Crippen molar-refractivity contribution >= 4 is 17.6 Å². The summed E-state index contributed by atoms with van der Waals surface area (Å²) < 4.78 is 11.4. The van der Waals surface area contributed by atoms with Gasteiger partial charge < -0.3 is 20.1 Å². The molecule has 2 aromatic rings. The van der Waals surface area contributed by atoms with Crippen LogP contribution in [0, 0.1) is 11.8 Å². The Balaban J connectivity index is 1.36. The summed E-state index contributed by atoms with van der Waals surface area (Å²) >= 11 is 0. The highest BCUT2D eigenvalue weighted by Gasteiger charge is 2.38. The minimum atomic E-state index is -0.310. The molecule has 0 spiro atoms. The molecule has 5 rings (SSSR count). The number of carbonyl (C=O) groups excluding carboxylic acids is 1. The molecule has 27 heavy (non-hydrogen) atoms. The van der Waals surface area contributed by atoms with Crippen molar-refractivity contribution in [1.82, 2.24) is 20.5 Å². The first kappa shape index (κ1) is 16.4. The summed E-state index contributed by atoms with van der Waals surface area (Å²) in [6.07, 6.45) is 5.13. The first-order valence-corrected chi connectivity index (χ1v) is 9.58. The zero-order valence-corrected chi connectivity index (χ0v) is 15.0. The van der Waals surface area contributed by atoms with Gasteiger partial charge in [-0.15, -0.1) is 0 Å². The predicted molar refractivity (Wildman–Crippen MR) is 98.1 cm³/mol. The lowest BCUT2D eigenvalue weighted by molar-refractivity contribution is 0.0996. The number of ether oxygens (including phenoxy) is 2. The molecule has 1 aliphatic heterocycles. The van der Waals surface area contributed by atoms with Crippen LogP contribution in [0.1, 0.15) is 37.3 Å². The average molecular weight is 369 g/mol. The second kappa shape index (κ2) is 6.75. The number of aromatic nitrogens is 3. The van der Waals surface area contributed by atoms with Crippen molar-refractivity contribution in [2.75, 3.05) is 18.5 Å². The van der Waals surface area contributed by atoms with E-state index in [2.05, 4.69) is 25.8 Å². The molecule has 0 saturated heterocycles. The molecule has 2 unspecified atom stereocenters. The third-order valence-electron chi connectivity index (χ3n) is 5.73. The maximum atomic E-state index is 12.1. The number of aromatic amines is 1. The zero-order valence-electron chi connectivity index (χ0n) is 15.0. The molecule has 142 valence electrons. The SMILES string of the molecule is O=C1NCC2CC2COc2cc(ccn2)Nc2cc([nH]n2)[C@H]2CC[C@H](C2)O1. The van der Waals surface area contributed by atoms with Gasteiger partial charge in [-0.2, -0.15) is 5.10 Å². The Hall–Kier alpha value is -2.77. The van der Waals surface area contributed by atoms with Crippen molar-refractivity contribution < 1.29 is 14.3 Å². The Bertz CT molecular complexity index is 838. The Kier molecular flexibility index (Phi) is 4.10. The molecule has 0 radical (unpaired) electrons. The van der Waals surface area contributed by atoms with Gasteiger partial charge in [0.15, 0.2) is 5.82 Å². The van der Waals surface area contributed by atoms with Gasteiger partial charge in [0.1, 0.15) is 6.10 Å². The van der Waals surface area contributed by atoms with Crippen LogP contribution in [0.25, 0.3) is 0 Å². The van der Waals surface area contributed by atoms with Gasteiger partial charge in [-0.05, 0) is 43.6 Å². The largest absolute Gasteiger partial charge is 0.477 e. The summed E-state index contributed by atoms with van der Waals surface area (Å²) in [4.78, 5) is 16.3. The van der Waals surface area contributed by atoms with E-state index in [0.29, 0.717) is 36.8 Å². The number of hydrogen-bond donors (Lipinski definition) is 3. The van der Waals surface area contributed by atoms with E-state index in [1.165, 1.54) is 0 Å².